The summed E-state index contributed by atoms with van der Waals surface area (Å²) < 4.78 is 15.4. The molecule has 0 bridgehead atoms. The van der Waals surface area contributed by atoms with Crippen molar-refractivity contribution in [1.29, 1.82) is 0 Å². The highest BCUT2D eigenvalue weighted by atomic mass is 35.5. The molecule has 1 aliphatic rings. The number of halogens is 3. The van der Waals surface area contributed by atoms with Crippen LogP contribution in [0.2, 0.25) is 10.0 Å². The standard InChI is InChI=1S/C30H27Cl2FN4O/c1-19(26-9-5-6-16-34-26)35-30(38)28-24-8-4-2-3-7-21(17-20-10-13-23(33)14-11-20)29(24)37(36-28)27-15-12-22(31)18-25(27)32/h5-6,9-19H,2-4,7-8H2,1H3,(H,35,38)/t19-/m1/s1. The van der Waals surface area contributed by atoms with Crippen molar-refractivity contribution in [2.24, 2.45) is 0 Å². The van der Waals surface area contributed by atoms with Crippen molar-refractivity contribution in [1.82, 2.24) is 20.1 Å². The zero-order valence-corrected chi connectivity index (χ0v) is 22.4. The highest BCUT2D eigenvalue weighted by Crippen LogP contribution is 2.36. The van der Waals surface area contributed by atoms with Gasteiger partial charge in [0.15, 0.2) is 5.69 Å². The lowest BCUT2D eigenvalue weighted by molar-refractivity contribution is 0.0932. The lowest BCUT2D eigenvalue weighted by Crippen LogP contribution is -2.28. The maximum atomic E-state index is 13.7. The van der Waals surface area contributed by atoms with E-state index in [1.54, 1.807) is 35.1 Å². The van der Waals surface area contributed by atoms with Crippen LogP contribution >= 0.6 is 23.2 Å². The number of pyridine rings is 1. The Morgan fingerprint density at radius 3 is 2.58 bits per heavy atom. The monoisotopic (exact) mass is 548 g/mol. The van der Waals surface area contributed by atoms with Crippen molar-refractivity contribution in [3.05, 3.63) is 111 Å². The van der Waals surface area contributed by atoms with Gasteiger partial charge >= 0.3 is 0 Å². The van der Waals surface area contributed by atoms with E-state index in [0.29, 0.717) is 27.8 Å². The average molecular weight is 549 g/mol. The van der Waals surface area contributed by atoms with Crippen LogP contribution in [-0.4, -0.2) is 20.7 Å². The summed E-state index contributed by atoms with van der Waals surface area (Å²) in [5.41, 5.74) is 5.36. The lowest BCUT2D eigenvalue weighted by atomic mass is 9.91. The summed E-state index contributed by atoms with van der Waals surface area (Å²) in [5, 5.41) is 8.85. The third-order valence-corrected chi connectivity index (χ3v) is 7.24. The van der Waals surface area contributed by atoms with E-state index in [-0.39, 0.29) is 17.8 Å². The molecule has 4 aromatic rings. The molecule has 2 aromatic heterocycles. The predicted molar refractivity (Wildman–Crippen MR) is 150 cm³/mol. The number of carbonyl (C=O) groups excluding carboxylic acids is 1. The van der Waals surface area contributed by atoms with Gasteiger partial charge in [0.25, 0.3) is 5.91 Å². The van der Waals surface area contributed by atoms with Gasteiger partial charge in [-0.25, -0.2) is 9.07 Å². The molecule has 38 heavy (non-hydrogen) atoms. The van der Waals surface area contributed by atoms with Crippen molar-refractivity contribution in [2.45, 2.75) is 45.1 Å². The number of hydrogen-bond acceptors (Lipinski definition) is 3. The topological polar surface area (TPSA) is 59.8 Å². The molecule has 2 heterocycles. The minimum absolute atomic E-state index is 0.273. The van der Waals surface area contributed by atoms with Crippen LogP contribution in [0, 0.1) is 5.82 Å². The lowest BCUT2D eigenvalue weighted by Gasteiger charge is -2.18. The van der Waals surface area contributed by atoms with E-state index in [9.17, 15) is 9.18 Å². The molecule has 0 unspecified atom stereocenters. The Hall–Kier alpha value is -3.48. The predicted octanol–water partition coefficient (Wildman–Crippen LogP) is 7.86. The molecule has 0 spiro atoms. The average Bonchev–Trinajstić information content (AvgIpc) is 3.26. The van der Waals surface area contributed by atoms with Gasteiger partial charge in [-0.2, -0.15) is 5.10 Å². The minimum atomic E-state index is -0.300. The highest BCUT2D eigenvalue weighted by molar-refractivity contribution is 6.35. The molecular formula is C30H27Cl2FN4O. The van der Waals surface area contributed by atoms with Crippen molar-refractivity contribution >= 4 is 40.8 Å². The molecule has 194 valence electrons. The molecule has 1 N–H and O–H groups in total. The maximum Gasteiger partial charge on any atom is 0.272 e. The fourth-order valence-electron chi connectivity index (χ4n) is 4.81. The summed E-state index contributed by atoms with van der Waals surface area (Å²) in [6, 6.07) is 16.9. The van der Waals surface area contributed by atoms with Gasteiger partial charge in [-0.1, -0.05) is 47.8 Å². The van der Waals surface area contributed by atoms with Gasteiger partial charge < -0.3 is 5.32 Å². The van der Waals surface area contributed by atoms with Gasteiger partial charge in [-0.05, 0) is 92.3 Å². The number of nitrogens with zero attached hydrogens (tertiary/aromatic N) is 3. The molecule has 0 radical (unpaired) electrons. The van der Waals surface area contributed by atoms with Gasteiger partial charge in [-0.3, -0.25) is 9.78 Å². The summed E-state index contributed by atoms with van der Waals surface area (Å²) in [7, 11) is 0. The number of nitrogens with one attached hydrogen (secondary N) is 1. The van der Waals surface area contributed by atoms with E-state index < -0.39 is 0 Å². The van der Waals surface area contributed by atoms with Gasteiger partial charge in [-0.15, -0.1) is 0 Å². The SMILES string of the molecule is C[C@@H](NC(=O)c1nn(-c2ccc(Cl)cc2Cl)c2c1CCCCCC2=Cc1ccc(F)cc1)c1ccccn1. The van der Waals surface area contributed by atoms with Crippen LogP contribution < -0.4 is 5.32 Å². The van der Waals surface area contributed by atoms with Crippen LogP contribution in [0.3, 0.4) is 0 Å². The molecule has 0 saturated heterocycles. The number of hydrogen-bond donors (Lipinski definition) is 1. The zero-order valence-electron chi connectivity index (χ0n) is 20.9. The van der Waals surface area contributed by atoms with E-state index in [2.05, 4.69) is 10.3 Å². The zero-order chi connectivity index (χ0) is 26.6. The smallest absolute Gasteiger partial charge is 0.272 e. The molecule has 8 heteroatoms. The van der Waals surface area contributed by atoms with E-state index in [0.717, 1.165) is 53.8 Å². The largest absolute Gasteiger partial charge is 0.343 e. The molecule has 0 aliphatic heterocycles. The molecule has 0 saturated carbocycles. The molecule has 1 aliphatic carbocycles. The third kappa shape index (κ3) is 5.66. The van der Waals surface area contributed by atoms with Crippen LogP contribution in [0.15, 0.2) is 66.9 Å². The fraction of sp³-hybridized carbons (Fsp3) is 0.233. The van der Waals surface area contributed by atoms with Crippen molar-refractivity contribution in [2.75, 3.05) is 0 Å². The number of rotatable bonds is 5. The first-order valence-electron chi connectivity index (χ1n) is 12.7. The van der Waals surface area contributed by atoms with Gasteiger partial charge in [0.05, 0.1) is 28.1 Å². The summed E-state index contributed by atoms with van der Waals surface area (Å²) in [4.78, 5) is 18.0. The molecule has 1 amide bonds. The molecule has 0 fully saturated rings. The quantitative estimate of drug-likeness (QED) is 0.276. The molecule has 5 rings (SSSR count). The van der Waals surface area contributed by atoms with E-state index >= 15 is 0 Å². The Kier molecular flexibility index (Phi) is 7.91. The number of allylic oxidation sites excluding steroid dienone is 1. The number of amides is 1. The summed E-state index contributed by atoms with van der Waals surface area (Å²) in [6.45, 7) is 1.90. The normalized spacial score (nSPS) is 15.4. The second-order valence-corrected chi connectivity index (χ2v) is 10.3. The van der Waals surface area contributed by atoms with Gasteiger partial charge in [0.2, 0.25) is 0 Å². The van der Waals surface area contributed by atoms with Crippen LogP contribution in [-0.2, 0) is 6.42 Å². The van der Waals surface area contributed by atoms with Gasteiger partial charge in [0, 0.05) is 16.8 Å². The Labute approximate surface area is 231 Å². The molecule has 2 aromatic carbocycles. The van der Waals surface area contributed by atoms with Crippen LogP contribution in [0.25, 0.3) is 17.3 Å². The molecule has 1 atom stereocenters. The van der Waals surface area contributed by atoms with E-state index in [4.69, 9.17) is 28.3 Å². The number of carbonyl (C=O) groups is 1. The minimum Gasteiger partial charge on any atom is -0.343 e. The van der Waals surface area contributed by atoms with E-state index in [1.807, 2.05) is 37.3 Å². The number of fused-ring (bicyclic) bond motifs is 1. The molecule has 5 nitrogen and oxygen atoms in total. The molecular weight excluding hydrogens is 522 g/mol. The Bertz CT molecular complexity index is 1480. The third-order valence-electron chi connectivity index (χ3n) is 6.70. The van der Waals surface area contributed by atoms with Crippen LogP contribution in [0.5, 0.6) is 0 Å². The van der Waals surface area contributed by atoms with Crippen molar-refractivity contribution in [3.63, 3.8) is 0 Å². The summed E-state index contributed by atoms with van der Waals surface area (Å²) in [5.74, 6) is -0.561. The fourth-order valence-corrected chi connectivity index (χ4v) is 5.30. The number of benzene rings is 2. The first-order chi connectivity index (χ1) is 18.4. The van der Waals surface area contributed by atoms with Gasteiger partial charge in [0.1, 0.15) is 5.82 Å². The summed E-state index contributed by atoms with van der Waals surface area (Å²) in [6.07, 6.45) is 8.19. The van der Waals surface area contributed by atoms with Crippen molar-refractivity contribution < 1.29 is 9.18 Å². The first-order valence-corrected chi connectivity index (χ1v) is 13.4. The van der Waals surface area contributed by atoms with Crippen LogP contribution in [0.4, 0.5) is 4.39 Å². The maximum absolute atomic E-state index is 13.7. The number of aromatic nitrogens is 3. The van der Waals surface area contributed by atoms with Crippen molar-refractivity contribution in [3.8, 4) is 5.69 Å². The second-order valence-electron chi connectivity index (χ2n) is 9.41. The highest BCUT2D eigenvalue weighted by Gasteiger charge is 2.28. The van der Waals surface area contributed by atoms with Crippen LogP contribution in [0.1, 0.15) is 71.7 Å². The Morgan fingerprint density at radius 1 is 1.05 bits per heavy atom. The first kappa shape index (κ1) is 26.1. The van der Waals surface area contributed by atoms with E-state index in [1.165, 1.54) is 12.1 Å². The summed E-state index contributed by atoms with van der Waals surface area (Å²) >= 11 is 12.8. The Morgan fingerprint density at radius 2 is 1.84 bits per heavy atom. The second kappa shape index (κ2) is 11.5. The Balaban J connectivity index is 1.66.